The molecule has 1 aromatic rings. The Balaban J connectivity index is 2.30. The molecule has 1 N–H and O–H groups in total. The van der Waals surface area contributed by atoms with E-state index in [1.165, 1.54) is 4.31 Å². The van der Waals surface area contributed by atoms with Gasteiger partial charge in [-0.3, -0.25) is 0 Å². The molecule has 0 unspecified atom stereocenters. The number of imidazole rings is 1. The fourth-order valence-electron chi connectivity index (χ4n) is 2.26. The average molecular weight is 272 g/mol. The second-order valence-corrected chi connectivity index (χ2v) is 6.91. The molecule has 7 heteroatoms. The third-order valence-electron chi connectivity index (χ3n) is 3.21. The summed E-state index contributed by atoms with van der Waals surface area (Å²) in [4.78, 5) is 4.12. The van der Waals surface area contributed by atoms with Crippen molar-refractivity contribution in [2.45, 2.75) is 37.9 Å². The van der Waals surface area contributed by atoms with E-state index in [0.717, 1.165) is 0 Å². The second kappa shape index (κ2) is 4.64. The van der Waals surface area contributed by atoms with Gasteiger partial charge in [-0.25, -0.2) is 13.4 Å². The molecule has 2 rings (SSSR count). The molecule has 2 heterocycles. The van der Waals surface area contributed by atoms with Crippen LogP contribution in [0.2, 0.25) is 0 Å². The number of aryl methyl sites for hydroxylation is 2. The van der Waals surface area contributed by atoms with Crippen LogP contribution in [0.15, 0.2) is 11.2 Å². The Labute approximate surface area is 108 Å². The third-order valence-corrected chi connectivity index (χ3v) is 4.92. The lowest BCUT2D eigenvalue weighted by molar-refractivity contribution is 0.262. The van der Waals surface area contributed by atoms with E-state index in [4.69, 9.17) is 0 Å². The number of rotatable bonds is 2. The number of sulfonamides is 1. The van der Waals surface area contributed by atoms with Crippen molar-refractivity contribution in [3.8, 4) is 0 Å². The average Bonchev–Trinajstić information content (AvgIpc) is 2.58. The normalized spacial score (nSPS) is 26.4. The van der Waals surface area contributed by atoms with Gasteiger partial charge in [0.05, 0.1) is 0 Å². The molecule has 1 aromatic heterocycles. The summed E-state index contributed by atoms with van der Waals surface area (Å²) in [5.41, 5.74) is 0. The van der Waals surface area contributed by atoms with E-state index < -0.39 is 10.0 Å². The molecule has 1 fully saturated rings. The van der Waals surface area contributed by atoms with Crippen molar-refractivity contribution in [3.05, 3.63) is 12.0 Å². The number of hydrogen-bond donors (Lipinski definition) is 1. The van der Waals surface area contributed by atoms with Gasteiger partial charge >= 0.3 is 0 Å². The summed E-state index contributed by atoms with van der Waals surface area (Å²) in [6.45, 7) is 6.75. The highest BCUT2D eigenvalue weighted by Gasteiger charge is 2.32. The summed E-state index contributed by atoms with van der Waals surface area (Å²) in [7, 11) is -1.67. The molecule has 0 aliphatic carbocycles. The molecular weight excluding hydrogens is 252 g/mol. The van der Waals surface area contributed by atoms with Gasteiger partial charge in [0.1, 0.15) is 5.82 Å². The van der Waals surface area contributed by atoms with Crippen LogP contribution >= 0.6 is 0 Å². The van der Waals surface area contributed by atoms with E-state index in [0.29, 0.717) is 18.9 Å². The maximum Gasteiger partial charge on any atom is 0.262 e. The van der Waals surface area contributed by atoms with E-state index in [2.05, 4.69) is 10.3 Å². The molecule has 0 aromatic carbocycles. The molecule has 102 valence electrons. The fraction of sp³-hybridized carbons (Fsp3) is 0.727. The van der Waals surface area contributed by atoms with E-state index in [1.807, 2.05) is 13.8 Å². The first-order chi connectivity index (χ1) is 8.30. The number of nitrogens with one attached hydrogen (secondary N) is 1. The van der Waals surface area contributed by atoms with Gasteiger partial charge < -0.3 is 9.88 Å². The second-order valence-electron chi connectivity index (χ2n) is 5.03. The van der Waals surface area contributed by atoms with E-state index in [1.54, 1.807) is 24.7 Å². The van der Waals surface area contributed by atoms with Crippen molar-refractivity contribution in [2.24, 2.45) is 7.05 Å². The van der Waals surface area contributed by atoms with Crippen LogP contribution in [-0.4, -0.2) is 47.4 Å². The van der Waals surface area contributed by atoms with Gasteiger partial charge in [-0.2, -0.15) is 4.31 Å². The van der Waals surface area contributed by atoms with Crippen LogP contribution in [0, 0.1) is 6.92 Å². The number of hydrogen-bond acceptors (Lipinski definition) is 4. The van der Waals surface area contributed by atoms with E-state index in [9.17, 15) is 8.42 Å². The van der Waals surface area contributed by atoms with Crippen LogP contribution in [0.5, 0.6) is 0 Å². The van der Waals surface area contributed by atoms with Crippen molar-refractivity contribution in [2.75, 3.05) is 13.1 Å². The van der Waals surface area contributed by atoms with Crippen LogP contribution in [0.25, 0.3) is 0 Å². The Hall–Kier alpha value is -0.920. The first-order valence-corrected chi connectivity index (χ1v) is 7.51. The monoisotopic (exact) mass is 272 g/mol. The zero-order valence-corrected chi connectivity index (χ0v) is 12.0. The summed E-state index contributed by atoms with van der Waals surface area (Å²) < 4.78 is 28.2. The van der Waals surface area contributed by atoms with Crippen LogP contribution in [0.1, 0.15) is 19.7 Å². The van der Waals surface area contributed by atoms with E-state index in [-0.39, 0.29) is 17.1 Å². The molecule has 0 amide bonds. The quantitative estimate of drug-likeness (QED) is 0.829. The minimum absolute atomic E-state index is 0.142. The van der Waals surface area contributed by atoms with Crippen LogP contribution in [0.3, 0.4) is 0 Å². The highest BCUT2D eigenvalue weighted by molar-refractivity contribution is 7.89. The van der Waals surface area contributed by atoms with Gasteiger partial charge in [-0.05, 0) is 20.8 Å². The summed E-state index contributed by atoms with van der Waals surface area (Å²) in [6.07, 6.45) is 1.57. The predicted octanol–water partition coefficient (Wildman–Crippen LogP) is 0.0994. The van der Waals surface area contributed by atoms with Crippen molar-refractivity contribution >= 4 is 10.0 Å². The molecule has 2 atom stereocenters. The third kappa shape index (κ3) is 2.43. The highest BCUT2D eigenvalue weighted by atomic mass is 32.2. The summed E-state index contributed by atoms with van der Waals surface area (Å²) in [5, 5.41) is 3.46. The van der Waals surface area contributed by atoms with Crippen molar-refractivity contribution < 1.29 is 8.42 Å². The molecule has 0 spiro atoms. The summed E-state index contributed by atoms with van der Waals surface area (Å²) >= 11 is 0. The maximum atomic E-state index is 12.5. The minimum Gasteiger partial charge on any atom is -0.337 e. The molecule has 0 radical (unpaired) electrons. The van der Waals surface area contributed by atoms with Gasteiger partial charge in [0.15, 0.2) is 5.03 Å². The zero-order chi connectivity index (χ0) is 13.5. The SMILES string of the molecule is Cc1nc(S(=O)(=O)N2C[C@@H](C)N[C@H](C)C2)cn1C. The Morgan fingerprint density at radius 1 is 1.33 bits per heavy atom. The number of aromatic nitrogens is 2. The standard InChI is InChI=1S/C11H20N4O2S/c1-8-5-15(6-9(2)12-8)18(16,17)11-7-14(4)10(3)13-11/h7-9,12H,5-6H2,1-4H3/t8-,9-/m1/s1. The van der Waals surface area contributed by atoms with Crippen molar-refractivity contribution in [1.29, 1.82) is 0 Å². The molecule has 1 aliphatic rings. The Bertz CT molecular complexity index is 508. The molecule has 6 nitrogen and oxygen atoms in total. The van der Waals surface area contributed by atoms with Crippen LogP contribution in [0.4, 0.5) is 0 Å². The predicted molar refractivity (Wildman–Crippen MR) is 68.8 cm³/mol. The van der Waals surface area contributed by atoms with Gasteiger partial charge in [-0.1, -0.05) is 0 Å². The Kier molecular flexibility index (Phi) is 3.48. The topological polar surface area (TPSA) is 67.2 Å². The first-order valence-electron chi connectivity index (χ1n) is 6.07. The molecule has 0 bridgehead atoms. The Morgan fingerprint density at radius 2 is 1.89 bits per heavy atom. The maximum absolute atomic E-state index is 12.5. The lowest BCUT2D eigenvalue weighted by atomic mass is 10.2. The van der Waals surface area contributed by atoms with Crippen molar-refractivity contribution in [3.63, 3.8) is 0 Å². The van der Waals surface area contributed by atoms with Gasteiger partial charge in [0.2, 0.25) is 0 Å². The van der Waals surface area contributed by atoms with Gasteiger partial charge in [0, 0.05) is 38.4 Å². The smallest absolute Gasteiger partial charge is 0.262 e. The van der Waals surface area contributed by atoms with Gasteiger partial charge in [0.25, 0.3) is 10.0 Å². The summed E-state index contributed by atoms with van der Waals surface area (Å²) in [5.74, 6) is 0.699. The highest BCUT2D eigenvalue weighted by Crippen LogP contribution is 2.17. The molecule has 1 saturated heterocycles. The molecule has 18 heavy (non-hydrogen) atoms. The van der Waals surface area contributed by atoms with Crippen LogP contribution < -0.4 is 5.32 Å². The lowest BCUT2D eigenvalue weighted by Gasteiger charge is -2.34. The minimum atomic E-state index is -3.47. The largest absolute Gasteiger partial charge is 0.337 e. The van der Waals surface area contributed by atoms with Crippen molar-refractivity contribution in [1.82, 2.24) is 19.2 Å². The number of piperazine rings is 1. The molecule has 1 aliphatic heterocycles. The number of nitrogens with zero attached hydrogens (tertiary/aromatic N) is 3. The molecular formula is C11H20N4O2S. The summed E-state index contributed by atoms with van der Waals surface area (Å²) in [6, 6.07) is 0.321. The lowest BCUT2D eigenvalue weighted by Crippen LogP contribution is -2.55. The first kappa shape index (κ1) is 13.5. The van der Waals surface area contributed by atoms with Gasteiger partial charge in [-0.15, -0.1) is 0 Å². The van der Waals surface area contributed by atoms with E-state index >= 15 is 0 Å². The molecule has 0 saturated carbocycles. The fourth-order valence-corrected chi connectivity index (χ4v) is 3.90. The Morgan fingerprint density at radius 3 is 2.33 bits per heavy atom. The zero-order valence-electron chi connectivity index (χ0n) is 11.2. The van der Waals surface area contributed by atoms with Crippen LogP contribution in [-0.2, 0) is 17.1 Å².